The number of ether oxygens (including phenoxy) is 2. The molecular weight excluding hydrogens is 310 g/mol. The van der Waals surface area contributed by atoms with Gasteiger partial charge in [-0.25, -0.2) is 0 Å². The summed E-state index contributed by atoms with van der Waals surface area (Å²) in [5.74, 6) is 5.70. The van der Waals surface area contributed by atoms with Crippen LogP contribution in [-0.4, -0.2) is 19.3 Å². The van der Waals surface area contributed by atoms with Crippen molar-refractivity contribution in [2.45, 2.75) is 65.0 Å². The molecular formula is C22H33NO2. The van der Waals surface area contributed by atoms with E-state index >= 15 is 0 Å². The number of hydrogen-bond acceptors (Lipinski definition) is 3. The van der Waals surface area contributed by atoms with Crippen LogP contribution in [0.2, 0.25) is 0 Å². The van der Waals surface area contributed by atoms with Crippen molar-refractivity contribution in [2.24, 2.45) is 23.7 Å². The number of benzene rings is 1. The molecule has 25 heavy (non-hydrogen) atoms. The summed E-state index contributed by atoms with van der Waals surface area (Å²) in [6.07, 6.45) is 8.42. The first-order valence-corrected chi connectivity index (χ1v) is 10.4. The van der Waals surface area contributed by atoms with Crippen LogP contribution in [0.5, 0.6) is 11.5 Å². The zero-order valence-electron chi connectivity index (χ0n) is 15.8. The maximum absolute atomic E-state index is 5.82. The fourth-order valence-electron chi connectivity index (χ4n) is 5.76. The maximum Gasteiger partial charge on any atom is 0.161 e. The third kappa shape index (κ3) is 3.67. The first kappa shape index (κ1) is 17.2. The molecule has 0 heterocycles. The Morgan fingerprint density at radius 2 is 1.64 bits per heavy atom. The number of hydrogen-bond donors (Lipinski definition) is 1. The van der Waals surface area contributed by atoms with Gasteiger partial charge >= 0.3 is 0 Å². The van der Waals surface area contributed by atoms with E-state index in [1.165, 1.54) is 37.7 Å². The van der Waals surface area contributed by atoms with Crippen LogP contribution in [0.15, 0.2) is 18.2 Å². The Morgan fingerprint density at radius 3 is 2.28 bits per heavy atom. The van der Waals surface area contributed by atoms with Crippen LogP contribution >= 0.6 is 0 Å². The SMILES string of the molecule is CCCOc1ccc(CNC2C3CC4CC(C3)CC2C4)cc1OCC. The minimum absolute atomic E-state index is 0.676. The zero-order chi connectivity index (χ0) is 17.2. The maximum atomic E-state index is 5.82. The van der Waals surface area contributed by atoms with Crippen LogP contribution in [0.4, 0.5) is 0 Å². The summed E-state index contributed by atoms with van der Waals surface area (Å²) in [4.78, 5) is 0. The van der Waals surface area contributed by atoms with E-state index in [2.05, 4.69) is 30.4 Å². The lowest BCUT2D eigenvalue weighted by molar-refractivity contribution is -0.0142. The van der Waals surface area contributed by atoms with Gasteiger partial charge in [-0.2, -0.15) is 0 Å². The average molecular weight is 344 g/mol. The summed E-state index contributed by atoms with van der Waals surface area (Å²) in [6, 6.07) is 7.17. The summed E-state index contributed by atoms with van der Waals surface area (Å²) in [6.45, 7) is 6.52. The van der Waals surface area contributed by atoms with Gasteiger partial charge in [0.05, 0.1) is 13.2 Å². The molecule has 1 N–H and O–H groups in total. The third-order valence-electron chi connectivity index (χ3n) is 6.54. The fraction of sp³-hybridized carbons (Fsp3) is 0.727. The Labute approximate surface area is 152 Å². The van der Waals surface area contributed by atoms with Gasteiger partial charge in [0, 0.05) is 12.6 Å². The third-order valence-corrected chi connectivity index (χ3v) is 6.54. The van der Waals surface area contributed by atoms with Gasteiger partial charge in [-0.15, -0.1) is 0 Å². The molecule has 5 rings (SSSR count). The second kappa shape index (κ2) is 7.57. The van der Waals surface area contributed by atoms with E-state index in [1.807, 2.05) is 6.92 Å². The van der Waals surface area contributed by atoms with E-state index in [0.717, 1.165) is 60.8 Å². The Bertz CT molecular complexity index is 557. The summed E-state index contributed by atoms with van der Waals surface area (Å²) in [5, 5.41) is 3.92. The van der Waals surface area contributed by atoms with Crippen LogP contribution in [0.25, 0.3) is 0 Å². The summed E-state index contributed by atoms with van der Waals surface area (Å²) < 4.78 is 11.6. The standard InChI is InChI=1S/C22H33NO2/c1-3-7-25-20-6-5-15(13-21(20)24-4-2)14-23-22-18-9-16-8-17(11-18)12-19(22)10-16/h5-6,13,16-19,22-23H,3-4,7-12,14H2,1-2H3. The molecule has 4 bridgehead atoms. The molecule has 0 radical (unpaired) electrons. The van der Waals surface area contributed by atoms with Crippen molar-refractivity contribution >= 4 is 0 Å². The highest BCUT2D eigenvalue weighted by atomic mass is 16.5. The van der Waals surface area contributed by atoms with E-state index in [9.17, 15) is 0 Å². The molecule has 0 saturated heterocycles. The van der Waals surface area contributed by atoms with Gasteiger partial charge in [0.1, 0.15) is 0 Å². The molecule has 0 spiro atoms. The fourth-order valence-corrected chi connectivity index (χ4v) is 5.76. The second-order valence-corrected chi connectivity index (χ2v) is 8.40. The molecule has 138 valence electrons. The minimum atomic E-state index is 0.676. The van der Waals surface area contributed by atoms with E-state index in [4.69, 9.17) is 9.47 Å². The molecule has 3 heteroatoms. The van der Waals surface area contributed by atoms with Gasteiger partial charge in [-0.05, 0) is 86.8 Å². The van der Waals surface area contributed by atoms with Crippen molar-refractivity contribution in [3.63, 3.8) is 0 Å². The molecule has 4 aliphatic carbocycles. The molecule has 0 atom stereocenters. The van der Waals surface area contributed by atoms with Crippen molar-refractivity contribution in [1.82, 2.24) is 5.32 Å². The molecule has 0 unspecified atom stereocenters. The van der Waals surface area contributed by atoms with Gasteiger partial charge in [-0.1, -0.05) is 13.0 Å². The largest absolute Gasteiger partial charge is 0.490 e. The molecule has 4 saturated carbocycles. The van der Waals surface area contributed by atoms with E-state index < -0.39 is 0 Å². The predicted molar refractivity (Wildman–Crippen MR) is 101 cm³/mol. The van der Waals surface area contributed by atoms with Crippen LogP contribution < -0.4 is 14.8 Å². The predicted octanol–water partition coefficient (Wildman–Crippen LogP) is 4.79. The Hall–Kier alpha value is -1.22. The molecule has 1 aromatic carbocycles. The molecule has 0 aliphatic heterocycles. The van der Waals surface area contributed by atoms with Gasteiger partial charge in [0.25, 0.3) is 0 Å². The number of rotatable bonds is 8. The molecule has 4 fully saturated rings. The highest BCUT2D eigenvalue weighted by Crippen LogP contribution is 2.53. The molecule has 0 amide bonds. The lowest BCUT2D eigenvalue weighted by Crippen LogP contribution is -2.54. The molecule has 3 nitrogen and oxygen atoms in total. The monoisotopic (exact) mass is 343 g/mol. The van der Waals surface area contributed by atoms with Gasteiger partial charge in [0.2, 0.25) is 0 Å². The van der Waals surface area contributed by atoms with Crippen LogP contribution in [0, 0.1) is 23.7 Å². The molecule has 1 aromatic rings. The van der Waals surface area contributed by atoms with Crippen molar-refractivity contribution < 1.29 is 9.47 Å². The molecule has 0 aromatic heterocycles. The van der Waals surface area contributed by atoms with Gasteiger partial charge < -0.3 is 14.8 Å². The van der Waals surface area contributed by atoms with Crippen LogP contribution in [0.1, 0.15) is 57.9 Å². The van der Waals surface area contributed by atoms with E-state index in [-0.39, 0.29) is 0 Å². The number of nitrogens with one attached hydrogen (secondary N) is 1. The van der Waals surface area contributed by atoms with Crippen LogP contribution in [-0.2, 0) is 6.54 Å². The van der Waals surface area contributed by atoms with Crippen molar-refractivity contribution in [1.29, 1.82) is 0 Å². The highest BCUT2D eigenvalue weighted by Gasteiger charge is 2.47. The highest BCUT2D eigenvalue weighted by molar-refractivity contribution is 5.43. The van der Waals surface area contributed by atoms with Crippen molar-refractivity contribution in [2.75, 3.05) is 13.2 Å². The summed E-state index contributed by atoms with van der Waals surface area (Å²) in [5.41, 5.74) is 1.31. The summed E-state index contributed by atoms with van der Waals surface area (Å²) in [7, 11) is 0. The lowest BCUT2D eigenvalue weighted by Gasteiger charge is -2.54. The second-order valence-electron chi connectivity index (χ2n) is 8.40. The van der Waals surface area contributed by atoms with E-state index in [0.29, 0.717) is 6.61 Å². The van der Waals surface area contributed by atoms with Crippen molar-refractivity contribution in [3.8, 4) is 11.5 Å². The normalized spacial score (nSPS) is 32.8. The minimum Gasteiger partial charge on any atom is -0.490 e. The Kier molecular flexibility index (Phi) is 5.21. The quantitative estimate of drug-likeness (QED) is 0.736. The Morgan fingerprint density at radius 1 is 0.920 bits per heavy atom. The topological polar surface area (TPSA) is 30.5 Å². The Balaban J connectivity index is 1.40. The lowest BCUT2D eigenvalue weighted by atomic mass is 9.54. The average Bonchev–Trinajstić information content (AvgIpc) is 2.60. The first-order valence-electron chi connectivity index (χ1n) is 10.4. The van der Waals surface area contributed by atoms with Gasteiger partial charge in [0.15, 0.2) is 11.5 Å². The van der Waals surface area contributed by atoms with Crippen molar-refractivity contribution in [3.05, 3.63) is 23.8 Å². The van der Waals surface area contributed by atoms with Crippen LogP contribution in [0.3, 0.4) is 0 Å². The smallest absolute Gasteiger partial charge is 0.161 e. The van der Waals surface area contributed by atoms with Gasteiger partial charge in [-0.3, -0.25) is 0 Å². The van der Waals surface area contributed by atoms with E-state index in [1.54, 1.807) is 0 Å². The molecule has 4 aliphatic rings. The summed E-state index contributed by atoms with van der Waals surface area (Å²) >= 11 is 0. The first-order chi connectivity index (χ1) is 12.3. The zero-order valence-corrected chi connectivity index (χ0v) is 15.8.